The van der Waals surface area contributed by atoms with Crippen LogP contribution in [0.5, 0.6) is 0 Å². The Morgan fingerprint density at radius 2 is 2.05 bits per heavy atom. The van der Waals surface area contributed by atoms with Gasteiger partial charge in [-0.25, -0.2) is 0 Å². The van der Waals surface area contributed by atoms with E-state index in [0.29, 0.717) is 6.04 Å². The lowest BCUT2D eigenvalue weighted by atomic mass is 9.98. The first-order valence-electron chi connectivity index (χ1n) is 7.27. The second-order valence-corrected chi connectivity index (χ2v) is 5.63. The highest BCUT2D eigenvalue weighted by molar-refractivity contribution is 5.86. The maximum atomic E-state index is 6.45. The molecule has 0 amide bonds. The molecule has 3 rings (SSSR count). The fraction of sp³-hybridized carbons (Fsp3) is 0.412. The second-order valence-electron chi connectivity index (χ2n) is 5.63. The zero-order chi connectivity index (χ0) is 13.9. The van der Waals surface area contributed by atoms with Crippen molar-refractivity contribution in [1.29, 1.82) is 0 Å². The molecule has 0 aliphatic carbocycles. The van der Waals surface area contributed by atoms with E-state index in [1.165, 1.54) is 16.3 Å². The second kappa shape index (κ2) is 5.92. The largest absolute Gasteiger partial charge is 0.380 e. The van der Waals surface area contributed by atoms with Gasteiger partial charge in [-0.2, -0.15) is 0 Å². The minimum Gasteiger partial charge on any atom is -0.380 e. The van der Waals surface area contributed by atoms with E-state index in [2.05, 4.69) is 54.4 Å². The quantitative estimate of drug-likeness (QED) is 0.928. The Hall–Kier alpha value is -1.42. The Morgan fingerprint density at radius 1 is 1.25 bits per heavy atom. The highest BCUT2D eigenvalue weighted by Gasteiger charge is 2.22. The predicted molar refractivity (Wildman–Crippen MR) is 82.7 cm³/mol. The summed E-state index contributed by atoms with van der Waals surface area (Å²) >= 11 is 0. The first kappa shape index (κ1) is 13.6. The van der Waals surface area contributed by atoms with Gasteiger partial charge in [-0.05, 0) is 29.8 Å². The van der Waals surface area contributed by atoms with Crippen LogP contribution in [0.2, 0.25) is 0 Å². The molecular formula is C17H22N2O. The van der Waals surface area contributed by atoms with Crippen molar-refractivity contribution in [2.45, 2.75) is 18.5 Å². The van der Waals surface area contributed by atoms with Crippen LogP contribution in [-0.4, -0.2) is 37.7 Å². The molecule has 106 valence electrons. The van der Waals surface area contributed by atoms with Crippen LogP contribution >= 0.6 is 0 Å². The van der Waals surface area contributed by atoms with E-state index >= 15 is 0 Å². The van der Waals surface area contributed by atoms with Crippen LogP contribution in [0.1, 0.15) is 18.0 Å². The minimum atomic E-state index is 0.0340. The molecule has 1 saturated heterocycles. The molecule has 2 atom stereocenters. The van der Waals surface area contributed by atoms with Crippen LogP contribution < -0.4 is 5.73 Å². The van der Waals surface area contributed by atoms with E-state index in [4.69, 9.17) is 10.5 Å². The zero-order valence-corrected chi connectivity index (χ0v) is 12.0. The van der Waals surface area contributed by atoms with Crippen LogP contribution in [0, 0.1) is 0 Å². The molecule has 0 aromatic heterocycles. The van der Waals surface area contributed by atoms with Crippen molar-refractivity contribution in [3.8, 4) is 0 Å². The molecule has 1 aliphatic heterocycles. The third-order valence-corrected chi connectivity index (χ3v) is 4.24. The first-order chi connectivity index (χ1) is 9.75. The van der Waals surface area contributed by atoms with Gasteiger partial charge in [-0.3, -0.25) is 4.90 Å². The number of hydrogen-bond donors (Lipinski definition) is 1. The van der Waals surface area contributed by atoms with E-state index < -0.39 is 0 Å². The van der Waals surface area contributed by atoms with Gasteiger partial charge in [-0.15, -0.1) is 0 Å². The fourth-order valence-corrected chi connectivity index (χ4v) is 3.00. The standard InChI is InChI=1S/C17H22N2O/c1-19(14-9-10-20-12-14)11-17(18)16-8-4-6-13-5-2-3-7-15(13)16/h2-8,14,17H,9-12,18H2,1H3. The summed E-state index contributed by atoms with van der Waals surface area (Å²) in [5, 5.41) is 2.52. The van der Waals surface area contributed by atoms with E-state index in [1.54, 1.807) is 0 Å². The van der Waals surface area contributed by atoms with Crippen molar-refractivity contribution < 1.29 is 4.74 Å². The summed E-state index contributed by atoms with van der Waals surface area (Å²) < 4.78 is 5.45. The molecular weight excluding hydrogens is 248 g/mol. The molecule has 0 spiro atoms. The van der Waals surface area contributed by atoms with Crippen molar-refractivity contribution in [2.24, 2.45) is 5.73 Å². The summed E-state index contributed by atoms with van der Waals surface area (Å²) in [6.07, 6.45) is 1.11. The van der Waals surface area contributed by atoms with E-state index in [-0.39, 0.29) is 6.04 Å². The highest BCUT2D eigenvalue weighted by Crippen LogP contribution is 2.24. The number of likely N-dealkylation sites (N-methyl/N-ethyl adjacent to an activating group) is 1. The predicted octanol–water partition coefficient (Wildman–Crippen LogP) is 2.56. The Bertz CT molecular complexity index is 573. The average Bonchev–Trinajstić information content (AvgIpc) is 3.01. The Labute approximate surface area is 120 Å². The number of nitrogens with two attached hydrogens (primary N) is 1. The molecule has 1 heterocycles. The Morgan fingerprint density at radius 3 is 2.85 bits per heavy atom. The van der Waals surface area contributed by atoms with E-state index in [1.807, 2.05) is 0 Å². The molecule has 2 aromatic carbocycles. The van der Waals surface area contributed by atoms with Gasteiger partial charge in [0.15, 0.2) is 0 Å². The minimum absolute atomic E-state index is 0.0340. The highest BCUT2D eigenvalue weighted by atomic mass is 16.5. The van der Waals surface area contributed by atoms with Gasteiger partial charge in [0.05, 0.1) is 6.61 Å². The van der Waals surface area contributed by atoms with Crippen LogP contribution in [0.3, 0.4) is 0 Å². The summed E-state index contributed by atoms with van der Waals surface area (Å²) in [4.78, 5) is 2.33. The Balaban J connectivity index is 1.79. The molecule has 0 radical (unpaired) electrons. The van der Waals surface area contributed by atoms with Gasteiger partial charge in [0.1, 0.15) is 0 Å². The third kappa shape index (κ3) is 2.70. The van der Waals surface area contributed by atoms with Gasteiger partial charge in [0.25, 0.3) is 0 Å². The van der Waals surface area contributed by atoms with Gasteiger partial charge in [0.2, 0.25) is 0 Å². The topological polar surface area (TPSA) is 38.5 Å². The molecule has 20 heavy (non-hydrogen) atoms. The first-order valence-corrected chi connectivity index (χ1v) is 7.27. The summed E-state index contributed by atoms with van der Waals surface area (Å²) in [5.41, 5.74) is 7.68. The number of benzene rings is 2. The van der Waals surface area contributed by atoms with Crippen molar-refractivity contribution in [3.05, 3.63) is 48.0 Å². The SMILES string of the molecule is CN(CC(N)c1cccc2ccccc12)C1CCOC1. The lowest BCUT2D eigenvalue weighted by Crippen LogP contribution is -2.37. The van der Waals surface area contributed by atoms with Crippen molar-refractivity contribution in [3.63, 3.8) is 0 Å². The number of fused-ring (bicyclic) bond motifs is 1. The van der Waals surface area contributed by atoms with Crippen molar-refractivity contribution >= 4 is 10.8 Å². The summed E-state index contributed by atoms with van der Waals surface area (Å²) in [7, 11) is 2.14. The van der Waals surface area contributed by atoms with E-state index in [9.17, 15) is 0 Å². The molecule has 2 aromatic rings. The lowest BCUT2D eigenvalue weighted by molar-refractivity contribution is 0.156. The van der Waals surface area contributed by atoms with Gasteiger partial charge < -0.3 is 10.5 Å². The number of rotatable bonds is 4. The summed E-state index contributed by atoms with van der Waals surface area (Å²) in [5.74, 6) is 0. The normalized spacial score (nSPS) is 20.6. The van der Waals surface area contributed by atoms with Gasteiger partial charge in [-0.1, -0.05) is 42.5 Å². The van der Waals surface area contributed by atoms with Gasteiger partial charge >= 0.3 is 0 Å². The Kier molecular flexibility index (Phi) is 4.01. The molecule has 1 fully saturated rings. The number of hydrogen-bond acceptors (Lipinski definition) is 3. The average molecular weight is 270 g/mol. The smallest absolute Gasteiger partial charge is 0.0622 e. The maximum absolute atomic E-state index is 6.45. The number of nitrogens with zero attached hydrogens (tertiary/aromatic N) is 1. The lowest BCUT2D eigenvalue weighted by Gasteiger charge is -2.26. The van der Waals surface area contributed by atoms with Crippen LogP contribution in [0.25, 0.3) is 10.8 Å². The van der Waals surface area contributed by atoms with Crippen LogP contribution in [0.4, 0.5) is 0 Å². The molecule has 0 bridgehead atoms. The van der Waals surface area contributed by atoms with E-state index in [0.717, 1.165) is 26.2 Å². The molecule has 2 N–H and O–H groups in total. The molecule has 3 heteroatoms. The monoisotopic (exact) mass is 270 g/mol. The number of ether oxygens (including phenoxy) is 1. The summed E-state index contributed by atoms with van der Waals surface area (Å²) in [6.45, 7) is 2.57. The zero-order valence-electron chi connectivity index (χ0n) is 12.0. The van der Waals surface area contributed by atoms with Gasteiger partial charge in [0, 0.05) is 25.2 Å². The maximum Gasteiger partial charge on any atom is 0.0622 e. The molecule has 1 aliphatic rings. The van der Waals surface area contributed by atoms with Crippen molar-refractivity contribution in [2.75, 3.05) is 26.8 Å². The van der Waals surface area contributed by atoms with Crippen molar-refractivity contribution in [1.82, 2.24) is 4.90 Å². The molecule has 3 nitrogen and oxygen atoms in total. The third-order valence-electron chi connectivity index (χ3n) is 4.24. The van der Waals surface area contributed by atoms with Crippen LogP contribution in [-0.2, 0) is 4.74 Å². The molecule has 2 unspecified atom stereocenters. The summed E-state index contributed by atoms with van der Waals surface area (Å²) in [6, 6.07) is 15.4. The molecule has 0 saturated carbocycles. The van der Waals surface area contributed by atoms with Crippen LogP contribution in [0.15, 0.2) is 42.5 Å². The fourth-order valence-electron chi connectivity index (χ4n) is 3.00.